The van der Waals surface area contributed by atoms with E-state index >= 15 is 0 Å². The fourth-order valence-corrected chi connectivity index (χ4v) is 7.52. The van der Waals surface area contributed by atoms with Gasteiger partial charge in [-0.2, -0.15) is 0 Å². The Hall–Kier alpha value is -5.86. The Labute approximate surface area is 360 Å². The number of pyridine rings is 2. The summed E-state index contributed by atoms with van der Waals surface area (Å²) < 4.78 is 4.83. The van der Waals surface area contributed by atoms with E-state index in [2.05, 4.69) is 26.0 Å². The lowest BCUT2D eigenvalue weighted by Crippen LogP contribution is -2.60. The minimum Gasteiger partial charge on any atom is -0.453 e. The molecule has 4 aromatic rings. The first-order valence-electron chi connectivity index (χ1n) is 21.1. The molecule has 14 heteroatoms. The molecule has 5 rings (SSSR count). The van der Waals surface area contributed by atoms with E-state index in [0.29, 0.717) is 32.5 Å². The minimum atomic E-state index is -1.20. The Morgan fingerprint density at radius 1 is 0.902 bits per heavy atom. The number of aryl methyl sites for hydroxylation is 1. The second-order valence-electron chi connectivity index (χ2n) is 16.9. The number of carbonyl (C=O) groups excluding carboxylic acids is 4. The fourth-order valence-electron chi connectivity index (χ4n) is 7.52. The van der Waals surface area contributed by atoms with Crippen LogP contribution in [-0.2, 0) is 33.7 Å². The number of urea groups is 1. The summed E-state index contributed by atoms with van der Waals surface area (Å²) in [6, 6.07) is 26.0. The largest absolute Gasteiger partial charge is 0.453 e. The molecule has 1 fully saturated rings. The molecule has 326 valence electrons. The van der Waals surface area contributed by atoms with E-state index < -0.39 is 41.6 Å². The lowest BCUT2D eigenvalue weighted by molar-refractivity contribution is -0.132. The number of amides is 5. The Balaban J connectivity index is 1.39. The standard InChI is InChI=1S/C47H62N8O6/c1-8-32(2)41(55-28-27-53(46(55)60)26-24-37-18-14-15-33(3)49-37)43(57)50-39(29-34-16-10-9-11-17-34)40(56)31-54(52-44(58)42(47(4,5)6)51-45(59)61-7)30-35-20-22-36(23-21-35)38-19-12-13-25-48-38/h9-23,25,32,39-42,56H,8,24,26-31H2,1-7H3,(H,50,57)(H,51,59)(H,52,58)/t32-,39-,40-,41-,42+/m0/s1. The zero-order valence-corrected chi connectivity index (χ0v) is 36.5. The Morgan fingerprint density at radius 2 is 1.62 bits per heavy atom. The summed E-state index contributed by atoms with van der Waals surface area (Å²) in [4.78, 5) is 67.3. The summed E-state index contributed by atoms with van der Waals surface area (Å²) >= 11 is 0. The number of rotatable bonds is 19. The average molecular weight is 835 g/mol. The predicted octanol–water partition coefficient (Wildman–Crippen LogP) is 5.54. The number of methoxy groups -OCH3 is 1. The van der Waals surface area contributed by atoms with Crippen molar-refractivity contribution in [3.63, 3.8) is 0 Å². The van der Waals surface area contributed by atoms with Crippen LogP contribution in [0.25, 0.3) is 11.3 Å². The van der Waals surface area contributed by atoms with Gasteiger partial charge in [0.1, 0.15) is 12.1 Å². The summed E-state index contributed by atoms with van der Waals surface area (Å²) in [5, 5.41) is 19.6. The van der Waals surface area contributed by atoms with Crippen molar-refractivity contribution in [2.45, 2.75) is 91.6 Å². The molecular weight excluding hydrogens is 773 g/mol. The van der Waals surface area contributed by atoms with Crippen molar-refractivity contribution in [2.24, 2.45) is 11.3 Å². The first-order valence-corrected chi connectivity index (χ1v) is 21.1. The summed E-state index contributed by atoms with van der Waals surface area (Å²) in [5.74, 6) is -1.05. The summed E-state index contributed by atoms with van der Waals surface area (Å²) in [6.07, 6.45) is 1.30. The summed E-state index contributed by atoms with van der Waals surface area (Å²) in [5.41, 5.74) is 7.52. The van der Waals surface area contributed by atoms with E-state index in [1.807, 2.05) is 133 Å². The molecule has 2 aromatic carbocycles. The van der Waals surface area contributed by atoms with Gasteiger partial charge in [-0.1, -0.05) is 108 Å². The van der Waals surface area contributed by atoms with Crippen LogP contribution in [0.3, 0.4) is 0 Å². The third kappa shape index (κ3) is 13.1. The monoisotopic (exact) mass is 834 g/mol. The number of nitrogens with one attached hydrogen (secondary N) is 3. The highest BCUT2D eigenvalue weighted by Crippen LogP contribution is 2.24. The van der Waals surface area contributed by atoms with Crippen molar-refractivity contribution in [1.29, 1.82) is 0 Å². The number of aromatic nitrogens is 2. The second kappa shape index (κ2) is 21.6. The number of benzene rings is 2. The first kappa shape index (κ1) is 46.2. The molecule has 0 bridgehead atoms. The molecule has 14 nitrogen and oxygen atoms in total. The highest BCUT2D eigenvalue weighted by molar-refractivity contribution is 5.88. The van der Waals surface area contributed by atoms with Gasteiger partial charge in [0.15, 0.2) is 0 Å². The third-order valence-corrected chi connectivity index (χ3v) is 11.1. The lowest BCUT2D eigenvalue weighted by atomic mass is 9.86. The van der Waals surface area contributed by atoms with Crippen LogP contribution in [0.4, 0.5) is 9.59 Å². The first-order chi connectivity index (χ1) is 29.2. The zero-order chi connectivity index (χ0) is 44.1. The van der Waals surface area contributed by atoms with Crippen molar-refractivity contribution < 1.29 is 29.0 Å². The van der Waals surface area contributed by atoms with Crippen LogP contribution in [0.5, 0.6) is 0 Å². The molecule has 0 unspecified atom stereocenters. The Morgan fingerprint density at radius 3 is 2.26 bits per heavy atom. The molecule has 2 aromatic heterocycles. The lowest BCUT2D eigenvalue weighted by Gasteiger charge is -2.36. The third-order valence-electron chi connectivity index (χ3n) is 11.1. The highest BCUT2D eigenvalue weighted by Gasteiger charge is 2.41. The summed E-state index contributed by atoms with van der Waals surface area (Å²) in [7, 11) is 1.23. The van der Waals surface area contributed by atoms with Crippen LogP contribution < -0.4 is 16.1 Å². The van der Waals surface area contributed by atoms with Crippen molar-refractivity contribution in [1.82, 2.24) is 40.8 Å². The van der Waals surface area contributed by atoms with E-state index in [0.717, 1.165) is 33.8 Å². The minimum absolute atomic E-state index is 0.0992. The molecule has 0 spiro atoms. The van der Waals surface area contributed by atoms with Gasteiger partial charge in [0.25, 0.3) is 5.91 Å². The zero-order valence-electron chi connectivity index (χ0n) is 36.5. The fraction of sp³-hybridized carbons (Fsp3) is 0.447. The van der Waals surface area contributed by atoms with Gasteiger partial charge in [-0.15, -0.1) is 0 Å². The van der Waals surface area contributed by atoms with Gasteiger partial charge in [0, 0.05) is 62.3 Å². The molecule has 0 saturated carbocycles. The molecule has 1 aliphatic heterocycles. The number of hydrazine groups is 1. The molecule has 4 N–H and O–H groups in total. The molecule has 5 amide bonds. The van der Waals surface area contributed by atoms with E-state index in [9.17, 15) is 24.3 Å². The maximum atomic E-state index is 14.6. The molecule has 0 aliphatic carbocycles. The van der Waals surface area contributed by atoms with Gasteiger partial charge in [-0.05, 0) is 60.1 Å². The van der Waals surface area contributed by atoms with Crippen LogP contribution in [0, 0.1) is 18.3 Å². The predicted molar refractivity (Wildman–Crippen MR) is 235 cm³/mol. The Bertz CT molecular complexity index is 2050. The molecule has 5 atom stereocenters. The van der Waals surface area contributed by atoms with E-state index in [4.69, 9.17) is 4.74 Å². The maximum absolute atomic E-state index is 14.6. The second-order valence-corrected chi connectivity index (χ2v) is 16.9. The SMILES string of the molecule is CC[C@H](C)[C@@H](C(=O)N[C@@H](Cc1ccccc1)[C@@H](O)CN(Cc1ccc(-c2ccccn2)cc1)NC(=O)[C@@H](NC(=O)OC)C(C)(C)C)N1CCN(CCc2cccc(C)n2)C1=O. The van der Waals surface area contributed by atoms with E-state index in [1.54, 1.807) is 21.0 Å². The van der Waals surface area contributed by atoms with Gasteiger partial charge in [-0.25, -0.2) is 14.6 Å². The maximum Gasteiger partial charge on any atom is 0.407 e. The van der Waals surface area contributed by atoms with Crippen LogP contribution in [0.1, 0.15) is 63.6 Å². The van der Waals surface area contributed by atoms with Crippen LogP contribution in [-0.4, -0.2) is 111 Å². The topological polar surface area (TPSA) is 169 Å². The average Bonchev–Trinajstić information content (AvgIpc) is 3.60. The van der Waals surface area contributed by atoms with Crippen molar-refractivity contribution >= 4 is 23.9 Å². The van der Waals surface area contributed by atoms with Crippen molar-refractivity contribution in [2.75, 3.05) is 33.3 Å². The molecule has 1 saturated heterocycles. The molecule has 61 heavy (non-hydrogen) atoms. The number of hydrogen-bond acceptors (Lipinski definition) is 9. The molecule has 3 heterocycles. The van der Waals surface area contributed by atoms with Gasteiger partial charge in [0.05, 0.1) is 24.9 Å². The highest BCUT2D eigenvalue weighted by atomic mass is 16.5. The number of alkyl carbamates (subject to hydrolysis) is 1. The summed E-state index contributed by atoms with van der Waals surface area (Å²) in [6.45, 7) is 12.8. The van der Waals surface area contributed by atoms with Crippen LogP contribution in [0.15, 0.2) is 97.2 Å². The van der Waals surface area contributed by atoms with E-state index in [-0.39, 0.29) is 37.4 Å². The molecule has 1 aliphatic rings. The van der Waals surface area contributed by atoms with E-state index in [1.165, 1.54) is 7.11 Å². The number of nitrogens with zero attached hydrogens (tertiary/aromatic N) is 5. The normalized spacial score (nSPS) is 15.5. The van der Waals surface area contributed by atoms with Crippen molar-refractivity contribution in [3.8, 4) is 11.3 Å². The number of aliphatic hydroxyl groups is 1. The van der Waals surface area contributed by atoms with Gasteiger partial charge < -0.3 is 30.3 Å². The van der Waals surface area contributed by atoms with Gasteiger partial charge in [-0.3, -0.25) is 25.0 Å². The quantitative estimate of drug-likeness (QED) is 0.0887. The number of carbonyl (C=O) groups is 4. The van der Waals surface area contributed by atoms with Gasteiger partial charge >= 0.3 is 12.1 Å². The molecular formula is C47H62N8O6. The van der Waals surface area contributed by atoms with Crippen molar-refractivity contribution in [3.05, 3.63) is 120 Å². The molecule has 0 radical (unpaired) electrons. The number of aliphatic hydroxyl groups excluding tert-OH is 1. The number of hydrogen-bond donors (Lipinski definition) is 4. The van der Waals surface area contributed by atoms with Crippen LogP contribution >= 0.6 is 0 Å². The van der Waals surface area contributed by atoms with Gasteiger partial charge in [0.2, 0.25) is 5.91 Å². The van der Waals surface area contributed by atoms with Crippen LogP contribution in [0.2, 0.25) is 0 Å². The smallest absolute Gasteiger partial charge is 0.407 e. The number of ether oxygens (including phenoxy) is 1. The Kier molecular flexibility index (Phi) is 16.4.